The Morgan fingerprint density at radius 3 is 2.92 bits per heavy atom. The molecule has 5 heteroatoms. The van der Waals surface area contributed by atoms with Crippen molar-refractivity contribution >= 4 is 5.91 Å². The van der Waals surface area contributed by atoms with Gasteiger partial charge in [-0.3, -0.25) is 14.4 Å². The number of aromatic amines is 1. The molecule has 0 saturated heterocycles. The summed E-state index contributed by atoms with van der Waals surface area (Å²) in [6.45, 7) is 0. The summed E-state index contributed by atoms with van der Waals surface area (Å²) in [4.78, 5) is 28.4. The minimum atomic E-state index is -0.477. The van der Waals surface area contributed by atoms with Crippen molar-refractivity contribution in [1.29, 1.82) is 0 Å². The van der Waals surface area contributed by atoms with Crippen LogP contribution in [0.2, 0.25) is 0 Å². The molecule has 0 radical (unpaired) electrons. The molecule has 1 rings (SSSR count). The quantitative estimate of drug-likeness (QED) is 0.594. The first-order valence-electron chi connectivity index (χ1n) is 3.26. The summed E-state index contributed by atoms with van der Waals surface area (Å²) in [5.41, 5.74) is 1.93. The molecule has 1 heterocycles. The highest BCUT2D eigenvalue weighted by Crippen LogP contribution is 1.88. The molecule has 0 unspecified atom stereocenters. The van der Waals surface area contributed by atoms with Crippen molar-refractivity contribution in [2.45, 2.75) is 0 Å². The number of hydrogen-bond acceptors (Lipinski definition) is 3. The third-order valence-corrected chi connectivity index (χ3v) is 1.21. The first-order valence-corrected chi connectivity index (χ1v) is 3.26. The Morgan fingerprint density at radius 1 is 1.58 bits per heavy atom. The average molecular weight is 168 g/mol. The topological polar surface area (TPSA) is 71.2 Å². The molecule has 1 amide bonds. The molecule has 0 spiro atoms. The SMILES string of the molecule is CONC(=O)c1cccc(=O)[nH]1. The molecule has 5 nitrogen and oxygen atoms in total. The van der Waals surface area contributed by atoms with Gasteiger partial charge in [-0.1, -0.05) is 6.07 Å². The summed E-state index contributed by atoms with van der Waals surface area (Å²) in [5.74, 6) is -0.477. The van der Waals surface area contributed by atoms with Crippen LogP contribution in [0.5, 0.6) is 0 Å². The minimum Gasteiger partial charge on any atom is -0.318 e. The molecular weight excluding hydrogens is 160 g/mol. The van der Waals surface area contributed by atoms with Crippen LogP contribution >= 0.6 is 0 Å². The summed E-state index contributed by atoms with van der Waals surface area (Å²) >= 11 is 0. The second-order valence-electron chi connectivity index (χ2n) is 2.06. The number of carbonyl (C=O) groups is 1. The highest BCUT2D eigenvalue weighted by Gasteiger charge is 2.03. The summed E-state index contributed by atoms with van der Waals surface area (Å²) in [7, 11) is 1.32. The van der Waals surface area contributed by atoms with Crippen LogP contribution in [0.4, 0.5) is 0 Å². The number of amides is 1. The zero-order chi connectivity index (χ0) is 8.97. The molecule has 1 aromatic rings. The molecular formula is C7H8N2O3. The summed E-state index contributed by atoms with van der Waals surface area (Å²) in [6.07, 6.45) is 0. The summed E-state index contributed by atoms with van der Waals surface area (Å²) in [5, 5.41) is 0. The number of aromatic nitrogens is 1. The normalized spacial score (nSPS) is 9.42. The lowest BCUT2D eigenvalue weighted by atomic mass is 10.3. The lowest BCUT2D eigenvalue weighted by Gasteiger charge is -1.99. The first-order chi connectivity index (χ1) is 5.74. The van der Waals surface area contributed by atoms with Gasteiger partial charge in [0.25, 0.3) is 5.91 Å². The summed E-state index contributed by atoms with van der Waals surface area (Å²) in [6, 6.07) is 4.29. The van der Waals surface area contributed by atoms with Crippen LogP contribution in [0.25, 0.3) is 0 Å². The van der Waals surface area contributed by atoms with E-state index < -0.39 is 5.91 Å². The lowest BCUT2D eigenvalue weighted by molar-refractivity contribution is 0.0532. The van der Waals surface area contributed by atoms with Crippen LogP contribution in [0.1, 0.15) is 10.5 Å². The number of hydrogen-bond donors (Lipinski definition) is 2. The second kappa shape index (κ2) is 3.68. The highest BCUT2D eigenvalue weighted by molar-refractivity contribution is 5.91. The van der Waals surface area contributed by atoms with E-state index in [4.69, 9.17) is 0 Å². The number of carbonyl (C=O) groups excluding carboxylic acids is 1. The fourth-order valence-electron chi connectivity index (χ4n) is 0.728. The Kier molecular flexibility index (Phi) is 2.60. The van der Waals surface area contributed by atoms with Gasteiger partial charge in [0, 0.05) is 6.07 Å². The molecule has 12 heavy (non-hydrogen) atoms. The van der Waals surface area contributed by atoms with E-state index in [-0.39, 0.29) is 11.3 Å². The van der Waals surface area contributed by atoms with Crippen molar-refractivity contribution in [2.24, 2.45) is 0 Å². The Morgan fingerprint density at radius 2 is 2.33 bits per heavy atom. The molecule has 0 fully saturated rings. The highest BCUT2D eigenvalue weighted by atomic mass is 16.6. The third-order valence-electron chi connectivity index (χ3n) is 1.21. The van der Waals surface area contributed by atoms with Gasteiger partial charge in [-0.15, -0.1) is 0 Å². The van der Waals surface area contributed by atoms with Crippen LogP contribution < -0.4 is 11.0 Å². The molecule has 0 bridgehead atoms. The van der Waals surface area contributed by atoms with E-state index in [1.807, 2.05) is 0 Å². The molecule has 1 aromatic heterocycles. The predicted octanol–water partition coefficient (Wildman–Crippen LogP) is -0.334. The molecule has 0 saturated carbocycles. The maximum atomic E-state index is 11.0. The van der Waals surface area contributed by atoms with E-state index in [1.165, 1.54) is 25.3 Å². The Labute approximate surface area is 68.3 Å². The third kappa shape index (κ3) is 1.93. The Bertz CT molecular complexity index is 331. The maximum absolute atomic E-state index is 11.0. The maximum Gasteiger partial charge on any atom is 0.291 e. The van der Waals surface area contributed by atoms with Gasteiger partial charge in [0.1, 0.15) is 5.69 Å². The molecule has 2 N–H and O–H groups in total. The van der Waals surface area contributed by atoms with Crippen LogP contribution in [-0.4, -0.2) is 18.0 Å². The zero-order valence-electron chi connectivity index (χ0n) is 6.46. The number of nitrogens with one attached hydrogen (secondary N) is 2. The van der Waals surface area contributed by atoms with E-state index in [0.717, 1.165) is 0 Å². The monoisotopic (exact) mass is 168 g/mol. The molecule has 0 aromatic carbocycles. The number of hydroxylamine groups is 1. The van der Waals surface area contributed by atoms with Gasteiger partial charge in [0.05, 0.1) is 7.11 Å². The van der Waals surface area contributed by atoms with Crippen molar-refractivity contribution in [1.82, 2.24) is 10.5 Å². The van der Waals surface area contributed by atoms with Crippen LogP contribution in [0.3, 0.4) is 0 Å². The van der Waals surface area contributed by atoms with Crippen LogP contribution in [-0.2, 0) is 4.84 Å². The van der Waals surface area contributed by atoms with Gasteiger partial charge in [0.15, 0.2) is 0 Å². The van der Waals surface area contributed by atoms with Crippen molar-refractivity contribution in [3.05, 3.63) is 34.2 Å². The molecule has 64 valence electrons. The fraction of sp³-hybridized carbons (Fsp3) is 0.143. The van der Waals surface area contributed by atoms with Gasteiger partial charge in [-0.2, -0.15) is 0 Å². The predicted molar refractivity (Wildman–Crippen MR) is 41.5 cm³/mol. The molecule has 0 aliphatic carbocycles. The first kappa shape index (κ1) is 8.48. The molecule has 0 aliphatic heterocycles. The zero-order valence-corrected chi connectivity index (χ0v) is 6.46. The van der Waals surface area contributed by atoms with Crippen LogP contribution in [0, 0.1) is 0 Å². The second-order valence-corrected chi connectivity index (χ2v) is 2.06. The fourth-order valence-corrected chi connectivity index (χ4v) is 0.728. The van der Waals surface area contributed by atoms with Gasteiger partial charge < -0.3 is 4.98 Å². The average Bonchev–Trinajstić information content (AvgIpc) is 2.05. The van der Waals surface area contributed by atoms with Gasteiger partial charge in [-0.25, -0.2) is 5.48 Å². The van der Waals surface area contributed by atoms with Crippen molar-refractivity contribution in [3.8, 4) is 0 Å². The van der Waals surface area contributed by atoms with Crippen LogP contribution in [0.15, 0.2) is 23.0 Å². The van der Waals surface area contributed by atoms with E-state index in [9.17, 15) is 9.59 Å². The van der Waals surface area contributed by atoms with Gasteiger partial charge in [0.2, 0.25) is 5.56 Å². The number of H-pyrrole nitrogens is 1. The Hall–Kier alpha value is -1.62. The lowest BCUT2D eigenvalue weighted by Crippen LogP contribution is -2.24. The molecule has 0 atom stereocenters. The Balaban J connectivity index is 2.88. The van der Waals surface area contributed by atoms with E-state index in [0.29, 0.717) is 0 Å². The van der Waals surface area contributed by atoms with E-state index in [2.05, 4.69) is 15.3 Å². The molecule has 0 aliphatic rings. The van der Waals surface area contributed by atoms with Crippen molar-refractivity contribution in [2.75, 3.05) is 7.11 Å². The van der Waals surface area contributed by atoms with Crippen molar-refractivity contribution < 1.29 is 9.63 Å². The standard InChI is InChI=1S/C7H8N2O3/c1-12-9-7(11)5-3-2-4-6(10)8-5/h2-4H,1H3,(H,8,10)(H,9,11). The van der Waals surface area contributed by atoms with E-state index >= 15 is 0 Å². The summed E-state index contributed by atoms with van der Waals surface area (Å²) < 4.78 is 0. The van der Waals surface area contributed by atoms with Gasteiger partial charge in [-0.05, 0) is 6.07 Å². The largest absolute Gasteiger partial charge is 0.318 e. The van der Waals surface area contributed by atoms with E-state index in [1.54, 1.807) is 0 Å². The number of pyridine rings is 1. The number of rotatable bonds is 2. The van der Waals surface area contributed by atoms with Gasteiger partial charge >= 0.3 is 0 Å². The smallest absolute Gasteiger partial charge is 0.291 e. The van der Waals surface area contributed by atoms with Crippen molar-refractivity contribution in [3.63, 3.8) is 0 Å². The minimum absolute atomic E-state index is 0.171.